The van der Waals surface area contributed by atoms with E-state index in [2.05, 4.69) is 14.6 Å². The van der Waals surface area contributed by atoms with Crippen molar-refractivity contribution < 1.29 is 21.9 Å². The maximum atomic E-state index is 12.6. The van der Waals surface area contributed by atoms with Gasteiger partial charge in [0.2, 0.25) is 0 Å². The molecule has 28 heavy (non-hydrogen) atoms. The number of benzene rings is 2. The van der Waals surface area contributed by atoms with Gasteiger partial charge in [-0.2, -0.15) is 8.78 Å². The number of alkyl halides is 2. The second-order valence-corrected chi connectivity index (χ2v) is 8.32. The van der Waals surface area contributed by atoms with E-state index in [1.54, 1.807) is 10.7 Å². The van der Waals surface area contributed by atoms with Crippen LogP contribution in [0.4, 0.5) is 14.5 Å². The number of H-pyrrole nitrogens is 1. The van der Waals surface area contributed by atoms with E-state index in [-0.39, 0.29) is 21.9 Å². The molecule has 2 aromatic carbocycles. The highest BCUT2D eigenvalue weighted by molar-refractivity contribution is 7.92. The smallest absolute Gasteiger partial charge is 0.387 e. The number of rotatable bonds is 7. The average Bonchev–Trinajstić information content (AvgIpc) is 2.89. The molecule has 0 saturated heterocycles. The summed E-state index contributed by atoms with van der Waals surface area (Å²) < 4.78 is 58.1. The molecular formula is C18H19F2N3O4S. The van der Waals surface area contributed by atoms with Crippen molar-refractivity contribution in [1.29, 1.82) is 0 Å². The number of hydrogen-bond acceptors (Lipinski definition) is 4. The van der Waals surface area contributed by atoms with Crippen LogP contribution in [0.15, 0.2) is 52.2 Å². The number of ether oxygens (including phenoxy) is 1. The molecule has 1 aromatic heterocycles. The Morgan fingerprint density at radius 3 is 2.61 bits per heavy atom. The summed E-state index contributed by atoms with van der Waals surface area (Å²) >= 11 is 0. The quantitative estimate of drug-likeness (QED) is 0.623. The van der Waals surface area contributed by atoms with Crippen LogP contribution in [-0.4, -0.2) is 24.8 Å². The summed E-state index contributed by atoms with van der Waals surface area (Å²) in [5.74, 6) is 0.0442. The number of aromatic nitrogens is 2. The van der Waals surface area contributed by atoms with Crippen LogP contribution >= 0.6 is 0 Å². The van der Waals surface area contributed by atoms with Gasteiger partial charge in [0, 0.05) is 18.3 Å². The summed E-state index contributed by atoms with van der Waals surface area (Å²) in [4.78, 5) is 11.9. The number of aromatic amines is 1. The summed E-state index contributed by atoms with van der Waals surface area (Å²) in [7, 11) is -4.06. The van der Waals surface area contributed by atoms with E-state index in [4.69, 9.17) is 0 Å². The first-order chi connectivity index (χ1) is 13.2. The molecule has 0 spiro atoms. The summed E-state index contributed by atoms with van der Waals surface area (Å²) in [5, 5.41) is 3.07. The molecule has 0 amide bonds. The van der Waals surface area contributed by atoms with Crippen LogP contribution in [-0.2, 0) is 16.6 Å². The first kappa shape index (κ1) is 19.9. The third-order valence-electron chi connectivity index (χ3n) is 3.91. The summed E-state index contributed by atoms with van der Waals surface area (Å²) in [6.45, 7) is 1.58. The normalized spacial score (nSPS) is 12.1. The van der Waals surface area contributed by atoms with E-state index < -0.39 is 16.6 Å². The molecule has 3 rings (SSSR count). The van der Waals surface area contributed by atoms with Crippen molar-refractivity contribution in [3.05, 3.63) is 52.8 Å². The third kappa shape index (κ3) is 4.33. The van der Waals surface area contributed by atoms with E-state index in [0.29, 0.717) is 23.4 Å². The average molecular weight is 411 g/mol. The van der Waals surface area contributed by atoms with Crippen LogP contribution in [0.25, 0.3) is 10.9 Å². The molecule has 2 N–H and O–H groups in total. The topological polar surface area (TPSA) is 93.2 Å². The lowest BCUT2D eigenvalue weighted by atomic mass is 10.2. The zero-order valence-corrected chi connectivity index (χ0v) is 16.0. The minimum absolute atomic E-state index is 0.181. The van der Waals surface area contributed by atoms with Crippen LogP contribution in [0.3, 0.4) is 0 Å². The predicted octanol–water partition coefficient (Wildman–Crippen LogP) is 3.39. The summed E-state index contributed by atoms with van der Waals surface area (Å²) in [6.07, 6.45) is 0. The maximum Gasteiger partial charge on any atom is 0.387 e. The van der Waals surface area contributed by atoms with Gasteiger partial charge in [0.25, 0.3) is 15.6 Å². The van der Waals surface area contributed by atoms with Gasteiger partial charge in [-0.1, -0.05) is 19.9 Å². The highest BCUT2D eigenvalue weighted by Gasteiger charge is 2.17. The Balaban J connectivity index is 1.91. The van der Waals surface area contributed by atoms with Crippen molar-refractivity contribution in [2.24, 2.45) is 5.92 Å². The second-order valence-electron chi connectivity index (χ2n) is 6.64. The van der Waals surface area contributed by atoms with Crippen molar-refractivity contribution in [2.45, 2.75) is 31.9 Å². The van der Waals surface area contributed by atoms with Crippen LogP contribution in [0, 0.1) is 5.92 Å². The molecule has 0 aliphatic rings. The molecule has 3 aromatic rings. The van der Waals surface area contributed by atoms with Gasteiger partial charge >= 0.3 is 6.61 Å². The molecule has 0 saturated carbocycles. The van der Waals surface area contributed by atoms with Crippen molar-refractivity contribution in [1.82, 2.24) is 9.78 Å². The molecule has 10 heteroatoms. The second kappa shape index (κ2) is 7.63. The van der Waals surface area contributed by atoms with Crippen LogP contribution in [0.1, 0.15) is 13.8 Å². The van der Waals surface area contributed by atoms with Gasteiger partial charge in [0.05, 0.1) is 15.8 Å². The van der Waals surface area contributed by atoms with Gasteiger partial charge in [0.1, 0.15) is 5.75 Å². The lowest BCUT2D eigenvalue weighted by Gasteiger charge is -2.11. The molecule has 150 valence electrons. The van der Waals surface area contributed by atoms with Gasteiger partial charge < -0.3 is 4.74 Å². The Morgan fingerprint density at radius 1 is 1.18 bits per heavy atom. The van der Waals surface area contributed by atoms with Crippen molar-refractivity contribution >= 4 is 26.6 Å². The highest BCUT2D eigenvalue weighted by Crippen LogP contribution is 2.23. The van der Waals surface area contributed by atoms with Crippen molar-refractivity contribution in [3.63, 3.8) is 0 Å². The third-order valence-corrected chi connectivity index (χ3v) is 5.29. The van der Waals surface area contributed by atoms with Gasteiger partial charge in [0.15, 0.2) is 0 Å². The Bertz CT molecular complexity index is 1150. The Hall–Kier alpha value is -2.88. The summed E-state index contributed by atoms with van der Waals surface area (Å²) in [6, 6.07) is 9.39. The predicted molar refractivity (Wildman–Crippen MR) is 101 cm³/mol. The van der Waals surface area contributed by atoms with E-state index in [0.717, 1.165) is 6.07 Å². The molecule has 1 heterocycles. The molecule has 0 atom stereocenters. The number of nitrogens with one attached hydrogen (secondary N) is 2. The lowest BCUT2D eigenvalue weighted by molar-refractivity contribution is -0.0499. The van der Waals surface area contributed by atoms with Gasteiger partial charge in [-0.15, -0.1) is 0 Å². The standard InChI is InChI=1S/C18H19F2N3O4S/c1-11(2)10-23-16-7-6-12(8-15(16)17(24)21-23)22-28(25,26)14-5-3-4-13(9-14)27-18(19)20/h3-9,11,18,22H,10H2,1-2H3,(H,21,24). The molecule has 7 nitrogen and oxygen atoms in total. The molecule has 0 fully saturated rings. The molecule has 0 radical (unpaired) electrons. The van der Waals surface area contributed by atoms with E-state index in [1.807, 2.05) is 13.8 Å². The number of nitrogens with zero attached hydrogens (tertiary/aromatic N) is 1. The van der Waals surface area contributed by atoms with Crippen LogP contribution in [0.5, 0.6) is 5.75 Å². The number of halogens is 2. The largest absolute Gasteiger partial charge is 0.435 e. The van der Waals surface area contributed by atoms with Crippen molar-refractivity contribution in [3.8, 4) is 5.75 Å². The lowest BCUT2D eigenvalue weighted by Crippen LogP contribution is -2.13. The Labute approximate surface area is 160 Å². The molecule has 0 bridgehead atoms. The van der Waals surface area contributed by atoms with Crippen molar-refractivity contribution in [2.75, 3.05) is 4.72 Å². The first-order valence-corrected chi connectivity index (χ1v) is 9.94. The fourth-order valence-electron chi connectivity index (χ4n) is 2.80. The molecular weight excluding hydrogens is 392 g/mol. The zero-order valence-electron chi connectivity index (χ0n) is 15.1. The maximum absolute atomic E-state index is 12.6. The number of sulfonamides is 1. The molecule has 0 aliphatic heterocycles. The van der Waals surface area contributed by atoms with Gasteiger partial charge in [-0.3, -0.25) is 19.3 Å². The number of hydrogen-bond donors (Lipinski definition) is 2. The number of anilines is 1. The van der Waals surface area contributed by atoms with E-state index >= 15 is 0 Å². The first-order valence-electron chi connectivity index (χ1n) is 8.46. The van der Waals surface area contributed by atoms with Crippen LogP contribution < -0.4 is 15.0 Å². The molecule has 0 aliphatic carbocycles. The summed E-state index contributed by atoms with van der Waals surface area (Å²) in [5.41, 5.74) is 0.512. The SMILES string of the molecule is CC(C)Cn1[nH]c(=O)c2cc(NS(=O)(=O)c3cccc(OC(F)F)c3)ccc21. The van der Waals surface area contributed by atoms with Gasteiger partial charge in [-0.05, 0) is 36.2 Å². The van der Waals surface area contributed by atoms with Crippen LogP contribution in [0.2, 0.25) is 0 Å². The Kier molecular flexibility index (Phi) is 5.41. The van der Waals surface area contributed by atoms with E-state index in [1.165, 1.54) is 30.3 Å². The minimum atomic E-state index is -4.06. The fourth-order valence-corrected chi connectivity index (χ4v) is 3.88. The highest BCUT2D eigenvalue weighted by atomic mass is 32.2. The van der Waals surface area contributed by atoms with E-state index in [9.17, 15) is 22.0 Å². The zero-order chi connectivity index (χ0) is 20.5. The van der Waals surface area contributed by atoms with Gasteiger partial charge in [-0.25, -0.2) is 8.42 Å². The fraction of sp³-hybridized carbons (Fsp3) is 0.278. The molecule has 0 unspecified atom stereocenters. The minimum Gasteiger partial charge on any atom is -0.435 e. The monoisotopic (exact) mass is 411 g/mol. The Morgan fingerprint density at radius 2 is 1.93 bits per heavy atom. The number of fused-ring (bicyclic) bond motifs is 1.